The normalized spacial score (nSPS) is 28.1. The maximum atomic E-state index is 14.4. The van der Waals surface area contributed by atoms with Gasteiger partial charge >= 0.3 is 11.8 Å². The standard InChI is InChI=1S/C44H60N2O13/c1-11-12-13-14-19-57-45-21-29-34-39(52)32-31(38(29)51)33-41(27(7)37(32)50)59-44(9,42(33)53)56-20-18-30(55-10)24(4)40(58-28(8)47)26(6)36(49)25(5)35(48)22(2)16-15-17-23(3)43(54)46-34/h15-18,20-22,24-26,30,35-36,40,48-52H,11-14,19H2,1-10H3,(H,46,54)/t22-,24-,25+,26+,30-,35+,36+,40-,44-/m0/s1. The molecule has 0 unspecified atom stereocenters. The summed E-state index contributed by atoms with van der Waals surface area (Å²) >= 11 is 0. The summed E-state index contributed by atoms with van der Waals surface area (Å²) in [6.45, 7) is 14.8. The van der Waals surface area contributed by atoms with Crippen LogP contribution in [0.15, 0.2) is 41.3 Å². The lowest BCUT2D eigenvalue weighted by atomic mass is 9.78. The average molecular weight is 825 g/mol. The molecule has 2 aromatic rings. The van der Waals surface area contributed by atoms with E-state index in [1.54, 1.807) is 39.8 Å². The molecule has 324 valence electrons. The van der Waals surface area contributed by atoms with E-state index in [0.29, 0.717) is 6.42 Å². The van der Waals surface area contributed by atoms with Crippen molar-refractivity contribution in [3.05, 3.63) is 52.8 Å². The van der Waals surface area contributed by atoms with Gasteiger partial charge in [0.15, 0.2) is 5.75 Å². The first-order chi connectivity index (χ1) is 27.8. The SMILES string of the molecule is CCCCCCON=Cc1c2c(O)c3c(O)c(C)c4c(c3c1O)C(=O)[C@@](C)(OC=C[C@H](OC)[C@H](C)[C@H](OC(C)=O)[C@H](C)[C@H](O)[C@H](C)[C@H](O)[C@@H](C)C=CC=C(C)C(=O)N2)O4. The van der Waals surface area contributed by atoms with Gasteiger partial charge in [-0.25, -0.2) is 0 Å². The van der Waals surface area contributed by atoms with Gasteiger partial charge in [0.05, 0.1) is 53.0 Å². The number of hydrogen-bond donors (Lipinski definition) is 6. The fraction of sp³-hybridized carbons (Fsp3) is 0.545. The minimum Gasteiger partial charge on any atom is -0.507 e. The molecule has 5 bridgehead atoms. The van der Waals surface area contributed by atoms with Crippen molar-refractivity contribution in [1.82, 2.24) is 0 Å². The van der Waals surface area contributed by atoms with E-state index < -0.39 is 88.8 Å². The summed E-state index contributed by atoms with van der Waals surface area (Å²) in [6, 6.07) is 0. The maximum Gasteiger partial charge on any atom is 0.312 e. The van der Waals surface area contributed by atoms with Gasteiger partial charge in [0, 0.05) is 61.2 Å². The van der Waals surface area contributed by atoms with Crippen molar-refractivity contribution in [2.45, 2.75) is 118 Å². The van der Waals surface area contributed by atoms with Crippen LogP contribution >= 0.6 is 0 Å². The molecule has 0 saturated carbocycles. The Morgan fingerprint density at radius 1 is 0.949 bits per heavy atom. The zero-order valence-electron chi connectivity index (χ0n) is 35.6. The van der Waals surface area contributed by atoms with Gasteiger partial charge in [0.1, 0.15) is 30.0 Å². The van der Waals surface area contributed by atoms with Crippen LogP contribution in [0.3, 0.4) is 0 Å². The van der Waals surface area contributed by atoms with Crippen molar-refractivity contribution in [3.8, 4) is 23.0 Å². The molecule has 3 aliphatic rings. The van der Waals surface area contributed by atoms with Gasteiger partial charge in [0.25, 0.3) is 11.7 Å². The number of carbonyl (C=O) groups excluding carboxylic acids is 3. The third-order valence-electron chi connectivity index (χ3n) is 11.4. The first-order valence-corrected chi connectivity index (χ1v) is 20.1. The summed E-state index contributed by atoms with van der Waals surface area (Å²) in [7, 11) is 1.43. The number of Topliss-reactive ketones (excluding diaryl/α,β-unsaturated/α-hetero) is 1. The number of anilines is 1. The molecule has 0 radical (unpaired) electrons. The van der Waals surface area contributed by atoms with Crippen LogP contribution < -0.4 is 10.1 Å². The number of oxime groups is 1. The predicted octanol–water partition coefficient (Wildman–Crippen LogP) is 6.68. The molecular formula is C44H60N2O13. The van der Waals surface area contributed by atoms with Crippen LogP contribution in [0.1, 0.15) is 103 Å². The number of benzene rings is 2. The Labute approximate surface area is 345 Å². The number of aliphatic hydroxyl groups is 2. The summed E-state index contributed by atoms with van der Waals surface area (Å²) in [4.78, 5) is 45.8. The van der Waals surface area contributed by atoms with Gasteiger partial charge in [0.2, 0.25) is 0 Å². The van der Waals surface area contributed by atoms with Crippen LogP contribution in [0.5, 0.6) is 23.0 Å². The highest BCUT2D eigenvalue weighted by Gasteiger charge is 2.50. The second-order valence-corrected chi connectivity index (χ2v) is 15.7. The first kappa shape index (κ1) is 46.6. The van der Waals surface area contributed by atoms with Gasteiger partial charge in [-0.15, -0.1) is 0 Å². The molecule has 9 atom stereocenters. The van der Waals surface area contributed by atoms with Crippen molar-refractivity contribution in [2.24, 2.45) is 28.8 Å². The second-order valence-electron chi connectivity index (χ2n) is 15.7. The van der Waals surface area contributed by atoms with Crippen molar-refractivity contribution in [2.75, 3.05) is 19.0 Å². The van der Waals surface area contributed by atoms with Gasteiger partial charge in [-0.1, -0.05) is 70.8 Å². The minimum absolute atomic E-state index is 0.0402. The van der Waals surface area contributed by atoms with E-state index in [2.05, 4.69) is 17.4 Å². The fourth-order valence-electron chi connectivity index (χ4n) is 7.61. The molecule has 15 heteroatoms. The Balaban J connectivity index is 1.93. The van der Waals surface area contributed by atoms with Crippen molar-refractivity contribution in [3.63, 3.8) is 0 Å². The van der Waals surface area contributed by atoms with E-state index in [-0.39, 0.29) is 51.1 Å². The number of ether oxygens (including phenoxy) is 4. The highest BCUT2D eigenvalue weighted by molar-refractivity contribution is 6.23. The fourth-order valence-corrected chi connectivity index (χ4v) is 7.61. The average Bonchev–Trinajstić information content (AvgIpc) is 3.46. The van der Waals surface area contributed by atoms with Gasteiger partial charge in [-0.2, -0.15) is 0 Å². The van der Waals surface area contributed by atoms with E-state index in [0.717, 1.165) is 25.5 Å². The summed E-state index contributed by atoms with van der Waals surface area (Å²) in [5.41, 5.74) is -0.556. The van der Waals surface area contributed by atoms with E-state index in [4.69, 9.17) is 23.8 Å². The zero-order chi connectivity index (χ0) is 43.9. The predicted molar refractivity (Wildman–Crippen MR) is 222 cm³/mol. The number of amides is 1. The molecule has 3 aliphatic heterocycles. The highest BCUT2D eigenvalue weighted by Crippen LogP contribution is 2.55. The molecule has 59 heavy (non-hydrogen) atoms. The minimum atomic E-state index is -2.05. The van der Waals surface area contributed by atoms with Crippen molar-refractivity contribution in [1.29, 1.82) is 0 Å². The summed E-state index contributed by atoms with van der Waals surface area (Å²) in [5, 5.41) is 64.1. The van der Waals surface area contributed by atoms with Crippen LogP contribution in [0, 0.1) is 30.6 Å². The molecule has 3 heterocycles. The van der Waals surface area contributed by atoms with Crippen LogP contribution in [0.4, 0.5) is 5.69 Å². The molecular weight excluding hydrogens is 764 g/mol. The van der Waals surface area contributed by atoms with Crippen molar-refractivity contribution < 1.29 is 63.7 Å². The lowest BCUT2D eigenvalue weighted by molar-refractivity contribution is -0.160. The molecule has 0 saturated heterocycles. The summed E-state index contributed by atoms with van der Waals surface area (Å²) in [6.07, 6.45) is 8.25. The maximum absolute atomic E-state index is 14.4. The number of unbranched alkanes of at least 4 members (excludes halogenated alkanes) is 3. The van der Waals surface area contributed by atoms with Crippen LogP contribution in [0.25, 0.3) is 10.8 Å². The number of esters is 1. The molecule has 0 spiro atoms. The number of methoxy groups -OCH3 is 1. The number of phenols is 3. The number of rotatable bonds is 9. The molecule has 5 rings (SSSR count). The molecule has 0 fully saturated rings. The van der Waals surface area contributed by atoms with Crippen molar-refractivity contribution >= 4 is 40.3 Å². The molecule has 6 N–H and O–H groups in total. The molecule has 0 aromatic heterocycles. The Bertz CT molecular complexity index is 2010. The number of aromatic hydroxyl groups is 3. The van der Waals surface area contributed by atoms with E-state index in [1.807, 2.05) is 0 Å². The quantitative estimate of drug-likeness (QED) is 0.0388. The summed E-state index contributed by atoms with van der Waals surface area (Å²) in [5.74, 6) is -8.56. The van der Waals surface area contributed by atoms with Gasteiger partial charge in [-0.05, 0) is 32.8 Å². The zero-order valence-corrected chi connectivity index (χ0v) is 35.6. The third-order valence-corrected chi connectivity index (χ3v) is 11.4. The number of phenolic OH excluding ortho intramolecular Hbond substituents is 3. The number of nitrogens with one attached hydrogen (secondary N) is 1. The van der Waals surface area contributed by atoms with Crippen LogP contribution in [-0.4, -0.2) is 93.3 Å². The second kappa shape index (κ2) is 19.8. The number of allylic oxidation sites excluding steroid dienone is 2. The Morgan fingerprint density at radius 2 is 1.64 bits per heavy atom. The number of ketones is 1. The van der Waals surface area contributed by atoms with Gasteiger partial charge < -0.3 is 54.6 Å². The lowest BCUT2D eigenvalue weighted by Gasteiger charge is -2.38. The van der Waals surface area contributed by atoms with E-state index in [9.17, 15) is 39.9 Å². The number of aliphatic hydroxyl groups excluding tert-OH is 2. The first-order valence-electron chi connectivity index (χ1n) is 20.1. The highest BCUT2D eigenvalue weighted by atomic mass is 16.7. The van der Waals surface area contributed by atoms with E-state index >= 15 is 0 Å². The molecule has 15 nitrogen and oxygen atoms in total. The van der Waals surface area contributed by atoms with Gasteiger partial charge in [-0.3, -0.25) is 14.4 Å². The smallest absolute Gasteiger partial charge is 0.312 e. The molecule has 2 aromatic carbocycles. The lowest BCUT2D eigenvalue weighted by Crippen LogP contribution is -2.46. The van der Waals surface area contributed by atoms with Crippen LogP contribution in [-0.2, 0) is 28.6 Å². The number of fused-ring (bicyclic) bond motifs is 14. The number of hydrogen-bond acceptors (Lipinski definition) is 14. The Morgan fingerprint density at radius 3 is 2.29 bits per heavy atom. The van der Waals surface area contributed by atoms with Crippen LogP contribution in [0.2, 0.25) is 0 Å². The summed E-state index contributed by atoms with van der Waals surface area (Å²) < 4.78 is 23.5. The third kappa shape index (κ3) is 9.85. The largest absolute Gasteiger partial charge is 0.507 e. The number of carbonyl (C=O) groups is 3. The van der Waals surface area contributed by atoms with E-state index in [1.165, 1.54) is 53.2 Å². The molecule has 0 aliphatic carbocycles. The topological polar surface area (TPSA) is 223 Å². The monoisotopic (exact) mass is 824 g/mol. The number of nitrogens with zero attached hydrogens (tertiary/aromatic N) is 1. The molecule has 1 amide bonds. The Kier molecular flexibility index (Phi) is 15.6. The Hall–Kier alpha value is -5.12.